The summed E-state index contributed by atoms with van der Waals surface area (Å²) in [5.41, 5.74) is 0.612. The molecule has 72 valence electrons. The average Bonchev–Trinajstić information content (AvgIpc) is 2.51. The number of furan rings is 1. The highest BCUT2D eigenvalue weighted by Crippen LogP contribution is 2.08. The molecule has 13 heavy (non-hydrogen) atoms. The maximum Gasteiger partial charge on any atom is 0.256 e. The smallest absolute Gasteiger partial charge is 0.256 e. The first-order chi connectivity index (χ1) is 6.15. The van der Waals surface area contributed by atoms with Gasteiger partial charge in [-0.15, -0.1) is 0 Å². The molecule has 1 amide bonds. The van der Waals surface area contributed by atoms with Gasteiger partial charge in [-0.25, -0.2) is 0 Å². The fourth-order valence-corrected chi connectivity index (χ4v) is 1.54. The predicted molar refractivity (Wildman–Crippen MR) is 54.2 cm³/mol. The molecule has 3 nitrogen and oxygen atoms in total. The molecule has 0 aliphatic heterocycles. The fraction of sp³-hybridized carbons (Fsp3) is 0.444. The summed E-state index contributed by atoms with van der Waals surface area (Å²) in [6.45, 7) is 2.52. The Bertz CT molecular complexity index is 296. The normalized spacial score (nSPS) is 10.1. The summed E-state index contributed by atoms with van der Waals surface area (Å²) in [5, 5.41) is 0.784. The number of rotatable bonds is 3. The van der Waals surface area contributed by atoms with Gasteiger partial charge in [-0.2, -0.15) is 0 Å². The van der Waals surface area contributed by atoms with Gasteiger partial charge < -0.3 is 9.32 Å². The first-order valence-electron chi connectivity index (χ1n) is 4.01. The summed E-state index contributed by atoms with van der Waals surface area (Å²) < 4.78 is 5.05. The van der Waals surface area contributed by atoms with Crippen LogP contribution < -0.4 is 0 Å². The maximum atomic E-state index is 11.6. The summed E-state index contributed by atoms with van der Waals surface area (Å²) in [5.74, 6) is 0.756. The Labute approximate surface area is 85.8 Å². The van der Waals surface area contributed by atoms with Crippen LogP contribution in [0.25, 0.3) is 0 Å². The van der Waals surface area contributed by atoms with E-state index in [1.54, 1.807) is 18.0 Å². The average molecular weight is 246 g/mol. The second-order valence-corrected chi connectivity index (χ2v) is 3.65. The van der Waals surface area contributed by atoms with Gasteiger partial charge in [0, 0.05) is 18.9 Å². The molecule has 0 saturated heterocycles. The third-order valence-electron chi connectivity index (χ3n) is 1.74. The Hall–Kier alpha value is -0.770. The van der Waals surface area contributed by atoms with Crippen molar-refractivity contribution in [2.24, 2.45) is 0 Å². The maximum absolute atomic E-state index is 11.6. The number of hydrogen-bond acceptors (Lipinski definition) is 2. The van der Waals surface area contributed by atoms with Gasteiger partial charge in [0.2, 0.25) is 0 Å². The number of halogens is 1. The molecular weight excluding hydrogens is 234 g/mol. The molecule has 0 unspecified atom stereocenters. The minimum atomic E-state index is -0.00343. The van der Waals surface area contributed by atoms with E-state index in [2.05, 4.69) is 15.9 Å². The number of carbonyl (C=O) groups is 1. The van der Waals surface area contributed by atoms with Crippen molar-refractivity contribution in [2.45, 2.75) is 6.92 Å². The highest BCUT2D eigenvalue weighted by atomic mass is 79.9. The van der Waals surface area contributed by atoms with Crippen molar-refractivity contribution in [1.29, 1.82) is 0 Å². The summed E-state index contributed by atoms with van der Waals surface area (Å²) in [6.07, 6.45) is 1.49. The van der Waals surface area contributed by atoms with Crippen LogP contribution in [0, 0.1) is 6.92 Å². The van der Waals surface area contributed by atoms with Gasteiger partial charge in [-0.1, -0.05) is 15.9 Å². The van der Waals surface area contributed by atoms with Crippen LogP contribution in [0.5, 0.6) is 0 Å². The number of carbonyl (C=O) groups excluding carboxylic acids is 1. The Morgan fingerprint density at radius 2 is 2.38 bits per heavy atom. The van der Waals surface area contributed by atoms with E-state index >= 15 is 0 Å². The van der Waals surface area contributed by atoms with E-state index < -0.39 is 0 Å². The van der Waals surface area contributed by atoms with Crippen molar-refractivity contribution in [3.05, 3.63) is 23.7 Å². The topological polar surface area (TPSA) is 33.5 Å². The number of amides is 1. The molecule has 0 fully saturated rings. The quantitative estimate of drug-likeness (QED) is 0.765. The van der Waals surface area contributed by atoms with Crippen molar-refractivity contribution >= 4 is 21.8 Å². The largest absolute Gasteiger partial charge is 0.469 e. The van der Waals surface area contributed by atoms with Crippen LogP contribution in [0.4, 0.5) is 0 Å². The minimum absolute atomic E-state index is 0.00343. The Morgan fingerprint density at radius 1 is 1.69 bits per heavy atom. The van der Waals surface area contributed by atoms with E-state index in [1.165, 1.54) is 6.26 Å². The third kappa shape index (κ3) is 2.59. The van der Waals surface area contributed by atoms with E-state index in [-0.39, 0.29) is 5.91 Å². The van der Waals surface area contributed by atoms with Gasteiger partial charge in [-0.3, -0.25) is 4.79 Å². The van der Waals surface area contributed by atoms with E-state index in [0.717, 1.165) is 11.1 Å². The fourth-order valence-electron chi connectivity index (χ4n) is 1.00. The van der Waals surface area contributed by atoms with Crippen LogP contribution in [0.3, 0.4) is 0 Å². The highest BCUT2D eigenvalue weighted by molar-refractivity contribution is 9.09. The molecule has 1 heterocycles. The molecule has 0 aromatic carbocycles. The molecule has 1 aromatic rings. The zero-order chi connectivity index (χ0) is 9.84. The first kappa shape index (κ1) is 10.3. The molecule has 0 atom stereocenters. The molecule has 0 aliphatic rings. The summed E-state index contributed by atoms with van der Waals surface area (Å²) >= 11 is 3.28. The molecule has 0 saturated carbocycles. The number of aryl methyl sites for hydroxylation is 1. The van der Waals surface area contributed by atoms with Gasteiger partial charge >= 0.3 is 0 Å². The lowest BCUT2D eigenvalue weighted by atomic mass is 10.3. The molecular formula is C9H12BrNO2. The van der Waals surface area contributed by atoms with Gasteiger partial charge in [-0.05, 0) is 13.0 Å². The summed E-state index contributed by atoms with van der Waals surface area (Å²) in [4.78, 5) is 13.2. The van der Waals surface area contributed by atoms with Crippen LogP contribution in [-0.4, -0.2) is 29.7 Å². The molecule has 0 bridgehead atoms. The summed E-state index contributed by atoms with van der Waals surface area (Å²) in [6, 6.07) is 1.74. The van der Waals surface area contributed by atoms with Crippen molar-refractivity contribution in [3.8, 4) is 0 Å². The Balaban J connectivity index is 2.67. The van der Waals surface area contributed by atoms with E-state index in [0.29, 0.717) is 12.1 Å². The molecule has 0 N–H and O–H groups in total. The Morgan fingerprint density at radius 3 is 2.85 bits per heavy atom. The van der Waals surface area contributed by atoms with Crippen LogP contribution in [-0.2, 0) is 0 Å². The minimum Gasteiger partial charge on any atom is -0.469 e. The van der Waals surface area contributed by atoms with Gasteiger partial charge in [0.15, 0.2) is 0 Å². The van der Waals surface area contributed by atoms with Crippen molar-refractivity contribution in [3.63, 3.8) is 0 Å². The van der Waals surface area contributed by atoms with E-state index in [1.807, 2.05) is 6.92 Å². The molecule has 4 heteroatoms. The van der Waals surface area contributed by atoms with Gasteiger partial charge in [0.1, 0.15) is 12.0 Å². The van der Waals surface area contributed by atoms with Crippen LogP contribution in [0.2, 0.25) is 0 Å². The van der Waals surface area contributed by atoms with Crippen LogP contribution in [0.1, 0.15) is 16.1 Å². The second kappa shape index (κ2) is 4.46. The second-order valence-electron chi connectivity index (χ2n) is 2.86. The van der Waals surface area contributed by atoms with E-state index in [9.17, 15) is 4.79 Å². The van der Waals surface area contributed by atoms with Gasteiger partial charge in [0.05, 0.1) is 5.56 Å². The third-order valence-corrected chi connectivity index (χ3v) is 2.10. The lowest BCUT2D eigenvalue weighted by Crippen LogP contribution is -2.28. The number of alkyl halides is 1. The molecule has 1 aromatic heterocycles. The molecule has 0 spiro atoms. The van der Waals surface area contributed by atoms with E-state index in [4.69, 9.17) is 4.42 Å². The highest BCUT2D eigenvalue weighted by Gasteiger charge is 2.12. The zero-order valence-corrected chi connectivity index (χ0v) is 9.30. The van der Waals surface area contributed by atoms with Crippen molar-refractivity contribution in [1.82, 2.24) is 4.90 Å². The van der Waals surface area contributed by atoms with Crippen LogP contribution >= 0.6 is 15.9 Å². The first-order valence-corrected chi connectivity index (χ1v) is 5.14. The SMILES string of the molecule is Cc1cc(C(=O)N(C)CCBr)co1. The molecule has 0 aliphatic carbocycles. The molecule has 0 radical (unpaired) electrons. The van der Waals surface area contributed by atoms with Crippen molar-refractivity contribution < 1.29 is 9.21 Å². The zero-order valence-electron chi connectivity index (χ0n) is 7.71. The van der Waals surface area contributed by atoms with Crippen molar-refractivity contribution in [2.75, 3.05) is 18.9 Å². The lowest BCUT2D eigenvalue weighted by molar-refractivity contribution is 0.0803. The summed E-state index contributed by atoms with van der Waals surface area (Å²) in [7, 11) is 1.77. The molecule has 1 rings (SSSR count). The number of nitrogens with zero attached hydrogens (tertiary/aromatic N) is 1. The standard InChI is InChI=1S/C9H12BrNO2/c1-7-5-8(6-13-7)9(12)11(2)4-3-10/h5-6H,3-4H2,1-2H3. The predicted octanol–water partition coefficient (Wildman–Crippen LogP) is 2.05. The van der Waals surface area contributed by atoms with Crippen LogP contribution in [0.15, 0.2) is 16.7 Å². The lowest BCUT2D eigenvalue weighted by Gasteiger charge is -2.13. The Kier molecular flexibility index (Phi) is 3.54. The number of hydrogen-bond donors (Lipinski definition) is 0. The monoisotopic (exact) mass is 245 g/mol. The van der Waals surface area contributed by atoms with Gasteiger partial charge in [0.25, 0.3) is 5.91 Å².